The number of hydrogen-bond acceptors (Lipinski definition) is 5. The summed E-state index contributed by atoms with van der Waals surface area (Å²) in [6.07, 6.45) is 1.16. The fraction of sp³-hybridized carbons (Fsp3) is 0.462. The van der Waals surface area contributed by atoms with Crippen LogP contribution in [0.4, 0.5) is 15.3 Å². The smallest absolute Gasteiger partial charge is 0.410 e. The molecule has 2 aliphatic heterocycles. The molecule has 33 heavy (non-hydrogen) atoms. The van der Waals surface area contributed by atoms with Crippen molar-refractivity contribution in [2.24, 2.45) is 0 Å². The molecule has 2 heterocycles. The normalized spacial score (nSPS) is 16.3. The first-order valence-electron chi connectivity index (χ1n) is 11.6. The molecule has 7 heteroatoms. The van der Waals surface area contributed by atoms with Crippen molar-refractivity contribution in [3.63, 3.8) is 0 Å². The molecule has 0 unspecified atom stereocenters. The lowest BCUT2D eigenvalue weighted by molar-refractivity contribution is 0.0210. The maximum atomic E-state index is 12.6. The van der Waals surface area contributed by atoms with Crippen LogP contribution < -0.4 is 5.32 Å². The van der Waals surface area contributed by atoms with E-state index in [0.717, 1.165) is 35.2 Å². The predicted molar refractivity (Wildman–Crippen MR) is 127 cm³/mol. The van der Waals surface area contributed by atoms with E-state index in [4.69, 9.17) is 9.47 Å². The van der Waals surface area contributed by atoms with Crippen LogP contribution in [-0.4, -0.2) is 46.7 Å². The van der Waals surface area contributed by atoms with Crippen LogP contribution in [0.1, 0.15) is 50.3 Å². The van der Waals surface area contributed by atoms with Gasteiger partial charge in [-0.25, -0.2) is 9.59 Å². The molecule has 1 fully saturated rings. The first kappa shape index (κ1) is 23.0. The van der Waals surface area contributed by atoms with Gasteiger partial charge in [-0.1, -0.05) is 42.5 Å². The van der Waals surface area contributed by atoms with Gasteiger partial charge in [0.2, 0.25) is 0 Å². The summed E-state index contributed by atoms with van der Waals surface area (Å²) in [4.78, 5) is 28.5. The molecule has 7 nitrogen and oxygen atoms in total. The van der Waals surface area contributed by atoms with E-state index >= 15 is 0 Å². The second kappa shape index (κ2) is 9.73. The minimum atomic E-state index is -0.481. The monoisotopic (exact) mass is 451 g/mol. The Labute approximate surface area is 195 Å². The van der Waals surface area contributed by atoms with Gasteiger partial charge in [0.1, 0.15) is 12.2 Å². The molecular formula is C26H33N3O4. The van der Waals surface area contributed by atoms with Gasteiger partial charge in [-0.05, 0) is 56.4 Å². The van der Waals surface area contributed by atoms with E-state index in [0.29, 0.717) is 26.2 Å². The number of carbonyl (C=O) groups is 2. The summed E-state index contributed by atoms with van der Waals surface area (Å²) < 4.78 is 11.0. The zero-order valence-corrected chi connectivity index (χ0v) is 19.7. The second-order valence-electron chi connectivity index (χ2n) is 9.73. The molecule has 2 amide bonds. The highest BCUT2D eigenvalue weighted by molar-refractivity contribution is 5.71. The van der Waals surface area contributed by atoms with Crippen LogP contribution in [0.25, 0.3) is 0 Å². The van der Waals surface area contributed by atoms with Gasteiger partial charge in [-0.15, -0.1) is 0 Å². The number of likely N-dealkylation sites (tertiary alicyclic amines) is 1. The summed E-state index contributed by atoms with van der Waals surface area (Å²) in [6, 6.07) is 16.1. The second-order valence-corrected chi connectivity index (χ2v) is 9.73. The number of anilines is 1. The standard InChI is InChI=1S/C26H33N3O4/c1-26(2,3)33-25(31)28-14-12-21(13-15-28)27-23-11-7-10-20-16-29(17-22(20)23)24(30)32-18-19-8-5-4-6-9-19/h4-11,21,27H,12-18H2,1-3H3. The van der Waals surface area contributed by atoms with Gasteiger partial charge in [0.15, 0.2) is 0 Å². The van der Waals surface area contributed by atoms with Crippen LogP contribution in [0.5, 0.6) is 0 Å². The van der Waals surface area contributed by atoms with Crippen LogP contribution in [0.2, 0.25) is 0 Å². The van der Waals surface area contributed by atoms with Crippen molar-refractivity contribution >= 4 is 17.9 Å². The maximum Gasteiger partial charge on any atom is 0.410 e. The van der Waals surface area contributed by atoms with E-state index in [1.54, 1.807) is 9.80 Å². The average molecular weight is 452 g/mol. The average Bonchev–Trinajstić information content (AvgIpc) is 3.23. The Hall–Kier alpha value is -3.22. The van der Waals surface area contributed by atoms with Crippen LogP contribution in [0.15, 0.2) is 48.5 Å². The van der Waals surface area contributed by atoms with Crippen molar-refractivity contribution in [3.05, 3.63) is 65.2 Å². The predicted octanol–water partition coefficient (Wildman–Crippen LogP) is 5.15. The van der Waals surface area contributed by atoms with Gasteiger partial charge in [0.05, 0.1) is 6.54 Å². The number of amides is 2. The van der Waals surface area contributed by atoms with Crippen molar-refractivity contribution in [1.29, 1.82) is 0 Å². The van der Waals surface area contributed by atoms with E-state index in [1.807, 2.05) is 57.2 Å². The van der Waals surface area contributed by atoms with Crippen molar-refractivity contribution in [1.82, 2.24) is 9.80 Å². The number of ether oxygens (including phenoxy) is 2. The highest BCUT2D eigenvalue weighted by Crippen LogP contribution is 2.31. The Morgan fingerprint density at radius 1 is 0.939 bits per heavy atom. The van der Waals surface area contributed by atoms with Gasteiger partial charge in [-0.3, -0.25) is 4.90 Å². The Bertz CT molecular complexity index is 979. The first-order valence-corrected chi connectivity index (χ1v) is 11.6. The van der Waals surface area contributed by atoms with E-state index in [-0.39, 0.29) is 24.8 Å². The first-order chi connectivity index (χ1) is 15.8. The molecule has 0 bridgehead atoms. The number of fused-ring (bicyclic) bond motifs is 1. The molecule has 1 N–H and O–H groups in total. The van der Waals surface area contributed by atoms with E-state index in [1.165, 1.54) is 0 Å². The fourth-order valence-corrected chi connectivity index (χ4v) is 4.25. The summed E-state index contributed by atoms with van der Waals surface area (Å²) in [5, 5.41) is 3.65. The Kier molecular flexibility index (Phi) is 6.77. The summed E-state index contributed by atoms with van der Waals surface area (Å²) in [5.74, 6) is 0. The van der Waals surface area contributed by atoms with Gasteiger partial charge >= 0.3 is 12.2 Å². The quantitative estimate of drug-likeness (QED) is 0.696. The van der Waals surface area contributed by atoms with Gasteiger partial charge in [-0.2, -0.15) is 0 Å². The van der Waals surface area contributed by atoms with E-state index in [9.17, 15) is 9.59 Å². The van der Waals surface area contributed by atoms with E-state index in [2.05, 4.69) is 17.4 Å². The van der Waals surface area contributed by atoms with Crippen molar-refractivity contribution in [2.75, 3.05) is 18.4 Å². The topological polar surface area (TPSA) is 71.1 Å². The van der Waals surface area contributed by atoms with Crippen LogP contribution >= 0.6 is 0 Å². The Morgan fingerprint density at radius 3 is 2.36 bits per heavy atom. The van der Waals surface area contributed by atoms with Crippen molar-refractivity contribution in [2.45, 2.75) is 65.0 Å². The fourth-order valence-electron chi connectivity index (χ4n) is 4.25. The summed E-state index contributed by atoms with van der Waals surface area (Å²) >= 11 is 0. The Morgan fingerprint density at radius 2 is 1.67 bits per heavy atom. The van der Waals surface area contributed by atoms with Gasteiger partial charge in [0, 0.05) is 31.4 Å². The minimum Gasteiger partial charge on any atom is -0.445 e. The number of benzene rings is 2. The summed E-state index contributed by atoms with van der Waals surface area (Å²) in [6.45, 7) is 8.34. The van der Waals surface area contributed by atoms with Crippen LogP contribution in [0.3, 0.4) is 0 Å². The lowest BCUT2D eigenvalue weighted by atomic mass is 10.0. The summed E-state index contributed by atoms with van der Waals surface area (Å²) in [7, 11) is 0. The van der Waals surface area contributed by atoms with Gasteiger partial charge < -0.3 is 19.7 Å². The lowest BCUT2D eigenvalue weighted by Gasteiger charge is -2.34. The van der Waals surface area contributed by atoms with Crippen molar-refractivity contribution < 1.29 is 19.1 Å². The molecule has 0 atom stereocenters. The maximum absolute atomic E-state index is 12.6. The van der Waals surface area contributed by atoms with Crippen molar-refractivity contribution in [3.8, 4) is 0 Å². The molecule has 2 aromatic carbocycles. The third-order valence-corrected chi connectivity index (χ3v) is 5.95. The highest BCUT2D eigenvalue weighted by atomic mass is 16.6. The molecule has 0 aliphatic carbocycles. The molecular weight excluding hydrogens is 418 g/mol. The zero-order chi connectivity index (χ0) is 23.4. The third-order valence-electron chi connectivity index (χ3n) is 5.95. The lowest BCUT2D eigenvalue weighted by Crippen LogP contribution is -2.44. The molecule has 176 valence electrons. The largest absolute Gasteiger partial charge is 0.445 e. The molecule has 1 saturated heterocycles. The van der Waals surface area contributed by atoms with Crippen LogP contribution in [-0.2, 0) is 29.2 Å². The number of nitrogens with zero attached hydrogens (tertiary/aromatic N) is 2. The molecule has 2 aliphatic rings. The highest BCUT2D eigenvalue weighted by Gasteiger charge is 2.29. The third kappa shape index (κ3) is 5.97. The number of rotatable bonds is 4. The Balaban J connectivity index is 1.30. The number of nitrogens with one attached hydrogen (secondary N) is 1. The van der Waals surface area contributed by atoms with Gasteiger partial charge in [0.25, 0.3) is 0 Å². The minimum absolute atomic E-state index is 0.244. The molecule has 0 aromatic heterocycles. The molecule has 0 saturated carbocycles. The van der Waals surface area contributed by atoms with E-state index < -0.39 is 5.60 Å². The number of carbonyl (C=O) groups excluding carboxylic acids is 2. The summed E-state index contributed by atoms with van der Waals surface area (Å²) in [5.41, 5.74) is 3.83. The molecule has 0 spiro atoms. The number of hydrogen-bond donors (Lipinski definition) is 1. The molecule has 0 radical (unpaired) electrons. The number of piperidine rings is 1. The van der Waals surface area contributed by atoms with Crippen LogP contribution in [0, 0.1) is 0 Å². The zero-order valence-electron chi connectivity index (χ0n) is 19.7. The molecule has 2 aromatic rings. The SMILES string of the molecule is CC(C)(C)OC(=O)N1CCC(Nc2cccc3c2CN(C(=O)OCc2ccccc2)C3)CC1. The molecule has 4 rings (SSSR count).